The Morgan fingerprint density at radius 1 is 1.24 bits per heavy atom. The summed E-state index contributed by atoms with van der Waals surface area (Å²) in [4.78, 5) is 11.7. The van der Waals surface area contributed by atoms with Crippen molar-refractivity contribution in [2.75, 3.05) is 14.2 Å². The highest BCUT2D eigenvalue weighted by molar-refractivity contribution is 7.80. The van der Waals surface area contributed by atoms with Gasteiger partial charge in [-0.3, -0.25) is 10.1 Å². The zero-order chi connectivity index (χ0) is 15.8. The minimum Gasteiger partial charge on any atom is -0.493 e. The summed E-state index contributed by atoms with van der Waals surface area (Å²) in [7, 11) is 3.14. The molecule has 0 saturated heterocycles. The summed E-state index contributed by atoms with van der Waals surface area (Å²) in [5.41, 5.74) is 0.825. The summed E-state index contributed by atoms with van der Waals surface area (Å²) in [6.45, 7) is 3.88. The van der Waals surface area contributed by atoms with Gasteiger partial charge in [-0.1, -0.05) is 6.07 Å². The molecule has 0 aliphatic heterocycles. The Balaban J connectivity index is 2.68. The van der Waals surface area contributed by atoms with E-state index in [1.165, 1.54) is 6.08 Å². The van der Waals surface area contributed by atoms with Crippen molar-refractivity contribution >= 4 is 29.3 Å². The predicted molar refractivity (Wildman–Crippen MR) is 87.6 cm³/mol. The average Bonchev–Trinajstić information content (AvgIpc) is 2.43. The lowest BCUT2D eigenvalue weighted by Gasteiger charge is -2.10. The molecule has 1 amide bonds. The lowest BCUT2D eigenvalue weighted by molar-refractivity contribution is -0.115. The van der Waals surface area contributed by atoms with Gasteiger partial charge in [-0.2, -0.15) is 0 Å². The van der Waals surface area contributed by atoms with E-state index in [1.807, 2.05) is 19.9 Å². The van der Waals surface area contributed by atoms with Crippen molar-refractivity contribution < 1.29 is 14.3 Å². The van der Waals surface area contributed by atoms with Crippen molar-refractivity contribution in [2.24, 2.45) is 0 Å². The highest BCUT2D eigenvalue weighted by Crippen LogP contribution is 2.27. The van der Waals surface area contributed by atoms with E-state index in [0.29, 0.717) is 16.6 Å². The highest BCUT2D eigenvalue weighted by atomic mass is 32.1. The normalized spacial score (nSPS) is 10.5. The number of hydrogen-bond acceptors (Lipinski definition) is 4. The molecule has 0 fully saturated rings. The molecular formula is C15H20N2O3S. The second-order valence-electron chi connectivity index (χ2n) is 4.57. The molecule has 2 N–H and O–H groups in total. The Morgan fingerprint density at radius 3 is 2.48 bits per heavy atom. The largest absolute Gasteiger partial charge is 0.493 e. The van der Waals surface area contributed by atoms with Crippen molar-refractivity contribution in [3.8, 4) is 11.5 Å². The smallest absolute Gasteiger partial charge is 0.250 e. The van der Waals surface area contributed by atoms with Gasteiger partial charge in [-0.15, -0.1) is 0 Å². The Bertz CT molecular complexity index is 542. The summed E-state index contributed by atoms with van der Waals surface area (Å²) in [6, 6.07) is 5.57. The maximum absolute atomic E-state index is 11.7. The molecule has 0 aliphatic rings. The van der Waals surface area contributed by atoms with Gasteiger partial charge in [0, 0.05) is 12.1 Å². The van der Waals surface area contributed by atoms with E-state index in [1.54, 1.807) is 32.4 Å². The Hall–Kier alpha value is -2.08. The van der Waals surface area contributed by atoms with E-state index in [-0.39, 0.29) is 11.9 Å². The first-order valence-corrected chi connectivity index (χ1v) is 6.88. The van der Waals surface area contributed by atoms with Gasteiger partial charge in [-0.05, 0) is 49.8 Å². The fourth-order valence-corrected chi connectivity index (χ4v) is 1.92. The quantitative estimate of drug-likeness (QED) is 0.644. The van der Waals surface area contributed by atoms with Crippen LogP contribution < -0.4 is 20.1 Å². The minimum absolute atomic E-state index is 0.174. The predicted octanol–water partition coefficient (Wildman–Crippen LogP) is 2.12. The van der Waals surface area contributed by atoms with Crippen molar-refractivity contribution in [1.29, 1.82) is 0 Å². The van der Waals surface area contributed by atoms with Crippen molar-refractivity contribution in [3.63, 3.8) is 0 Å². The first-order chi connectivity index (χ1) is 9.96. The van der Waals surface area contributed by atoms with Gasteiger partial charge in [0.05, 0.1) is 14.2 Å². The Kier molecular flexibility index (Phi) is 6.68. The highest BCUT2D eigenvalue weighted by Gasteiger charge is 2.04. The number of thiocarbonyl (C=S) groups is 1. The Morgan fingerprint density at radius 2 is 1.90 bits per heavy atom. The monoisotopic (exact) mass is 308 g/mol. The van der Waals surface area contributed by atoms with E-state index >= 15 is 0 Å². The molecule has 0 saturated carbocycles. The minimum atomic E-state index is -0.289. The van der Waals surface area contributed by atoms with E-state index in [9.17, 15) is 4.79 Å². The second-order valence-corrected chi connectivity index (χ2v) is 4.97. The third kappa shape index (κ3) is 5.83. The summed E-state index contributed by atoms with van der Waals surface area (Å²) < 4.78 is 10.4. The molecule has 0 heterocycles. The van der Waals surface area contributed by atoms with Crippen molar-refractivity contribution in [2.45, 2.75) is 19.9 Å². The molecule has 1 aromatic rings. The van der Waals surface area contributed by atoms with Crippen LogP contribution in [0.3, 0.4) is 0 Å². The number of amides is 1. The van der Waals surface area contributed by atoms with Crippen LogP contribution in [0.2, 0.25) is 0 Å². The summed E-state index contributed by atoms with van der Waals surface area (Å²) in [5.74, 6) is 0.960. The molecule has 0 aliphatic carbocycles. The fraction of sp³-hybridized carbons (Fsp3) is 0.333. The van der Waals surface area contributed by atoms with Gasteiger partial charge in [0.15, 0.2) is 16.6 Å². The standard InChI is InChI=1S/C15H20N2O3S/c1-10(2)16-15(21)17-14(18)8-6-11-5-7-12(19-3)13(9-11)20-4/h5-10H,1-4H3,(H2,16,17,18,21)/b8-6+. The number of benzene rings is 1. The summed E-state index contributed by atoms with van der Waals surface area (Å²) in [6.07, 6.45) is 3.09. The van der Waals surface area contributed by atoms with Gasteiger partial charge in [0.1, 0.15) is 0 Å². The molecule has 21 heavy (non-hydrogen) atoms. The molecule has 0 bridgehead atoms. The molecule has 114 valence electrons. The molecule has 0 atom stereocenters. The van der Waals surface area contributed by atoms with Crippen LogP contribution >= 0.6 is 12.2 Å². The van der Waals surface area contributed by atoms with E-state index in [2.05, 4.69) is 10.6 Å². The average molecular weight is 308 g/mol. The molecule has 1 aromatic carbocycles. The van der Waals surface area contributed by atoms with Crippen LogP contribution in [0.4, 0.5) is 0 Å². The van der Waals surface area contributed by atoms with Crippen LogP contribution in [-0.2, 0) is 4.79 Å². The van der Waals surface area contributed by atoms with E-state index in [4.69, 9.17) is 21.7 Å². The molecule has 5 nitrogen and oxygen atoms in total. The lowest BCUT2D eigenvalue weighted by atomic mass is 10.2. The topological polar surface area (TPSA) is 59.6 Å². The molecule has 6 heteroatoms. The molecule has 0 unspecified atom stereocenters. The van der Waals surface area contributed by atoms with Gasteiger partial charge >= 0.3 is 0 Å². The third-order valence-corrected chi connectivity index (χ3v) is 2.71. The lowest BCUT2D eigenvalue weighted by Crippen LogP contribution is -2.41. The molecular weight excluding hydrogens is 288 g/mol. The number of nitrogens with one attached hydrogen (secondary N) is 2. The summed E-state index contributed by atoms with van der Waals surface area (Å²) in [5, 5.41) is 5.82. The first kappa shape index (κ1) is 17.0. The van der Waals surface area contributed by atoms with Crippen LogP contribution in [0.25, 0.3) is 6.08 Å². The maximum atomic E-state index is 11.7. The van der Waals surface area contributed by atoms with Gasteiger partial charge in [-0.25, -0.2) is 0 Å². The van der Waals surface area contributed by atoms with Gasteiger partial charge in [0.2, 0.25) is 5.91 Å². The van der Waals surface area contributed by atoms with Crippen molar-refractivity contribution in [3.05, 3.63) is 29.8 Å². The van der Waals surface area contributed by atoms with Crippen molar-refractivity contribution in [1.82, 2.24) is 10.6 Å². The van der Waals surface area contributed by atoms with Crippen LogP contribution in [0, 0.1) is 0 Å². The number of ether oxygens (including phenoxy) is 2. The second kappa shape index (κ2) is 8.26. The number of methoxy groups -OCH3 is 2. The fourth-order valence-electron chi connectivity index (χ4n) is 1.58. The van der Waals surface area contributed by atoms with Crippen LogP contribution in [-0.4, -0.2) is 31.3 Å². The number of hydrogen-bond donors (Lipinski definition) is 2. The SMILES string of the molecule is COc1ccc(/C=C/C(=O)NC(=S)NC(C)C)cc1OC. The zero-order valence-corrected chi connectivity index (χ0v) is 13.4. The number of rotatable bonds is 5. The van der Waals surface area contributed by atoms with E-state index < -0.39 is 0 Å². The summed E-state index contributed by atoms with van der Waals surface area (Å²) >= 11 is 5.00. The first-order valence-electron chi connectivity index (χ1n) is 6.48. The van der Waals surface area contributed by atoms with Crippen LogP contribution in [0.5, 0.6) is 11.5 Å². The molecule has 0 spiro atoms. The Labute approximate surface area is 130 Å². The third-order valence-electron chi connectivity index (χ3n) is 2.49. The zero-order valence-electron chi connectivity index (χ0n) is 12.6. The van der Waals surface area contributed by atoms with Gasteiger partial charge < -0.3 is 14.8 Å². The molecule has 0 aromatic heterocycles. The number of carbonyl (C=O) groups is 1. The molecule has 0 radical (unpaired) electrons. The maximum Gasteiger partial charge on any atom is 0.250 e. The van der Waals surface area contributed by atoms with E-state index in [0.717, 1.165) is 5.56 Å². The van der Waals surface area contributed by atoms with Crippen LogP contribution in [0.1, 0.15) is 19.4 Å². The van der Waals surface area contributed by atoms with Gasteiger partial charge in [0.25, 0.3) is 0 Å². The molecule has 1 rings (SSSR count). The van der Waals surface area contributed by atoms with Crippen LogP contribution in [0.15, 0.2) is 24.3 Å². The number of carbonyl (C=O) groups excluding carboxylic acids is 1.